The van der Waals surface area contributed by atoms with E-state index < -0.39 is 0 Å². The average molecular weight is 162 g/mol. The topological polar surface area (TPSA) is 0 Å². The van der Waals surface area contributed by atoms with E-state index in [-0.39, 0.29) is 0 Å². The van der Waals surface area contributed by atoms with Crippen molar-refractivity contribution in [1.82, 2.24) is 0 Å². The first-order valence-electron chi connectivity index (χ1n) is 5.62. The molecule has 3 rings (SSSR count). The molecule has 0 aromatic heterocycles. The lowest BCUT2D eigenvalue weighted by molar-refractivity contribution is 0.190. The molecule has 0 amide bonds. The van der Waals surface area contributed by atoms with Gasteiger partial charge in [0.15, 0.2) is 0 Å². The summed E-state index contributed by atoms with van der Waals surface area (Å²) in [5, 5.41) is 0.674. The second-order valence-electron chi connectivity index (χ2n) is 6.28. The van der Waals surface area contributed by atoms with Crippen LogP contribution in [-0.2, 0) is 0 Å². The lowest BCUT2D eigenvalue weighted by atomic mass is 9.56. The van der Waals surface area contributed by atoms with E-state index in [1.165, 1.54) is 18.8 Å². The van der Waals surface area contributed by atoms with Crippen LogP contribution in [0.2, 0.25) is 5.31 Å². The molecule has 3 saturated carbocycles. The SMILES string of the molecule is BC1(C)CCC23CC2CCC3C1. The molecule has 0 aromatic carbocycles. The summed E-state index contributed by atoms with van der Waals surface area (Å²) in [4.78, 5) is 0. The van der Waals surface area contributed by atoms with E-state index in [4.69, 9.17) is 0 Å². The van der Waals surface area contributed by atoms with Gasteiger partial charge in [-0.2, -0.15) is 0 Å². The van der Waals surface area contributed by atoms with Crippen molar-refractivity contribution in [3.05, 3.63) is 0 Å². The first kappa shape index (κ1) is 7.47. The summed E-state index contributed by atoms with van der Waals surface area (Å²) in [7, 11) is 2.47. The van der Waals surface area contributed by atoms with Crippen molar-refractivity contribution in [1.29, 1.82) is 0 Å². The molecule has 4 atom stereocenters. The molecule has 66 valence electrons. The third-order valence-corrected chi connectivity index (χ3v) is 5.02. The summed E-state index contributed by atoms with van der Waals surface area (Å²) in [5.74, 6) is 2.31. The van der Waals surface area contributed by atoms with Crippen molar-refractivity contribution in [2.45, 2.75) is 50.8 Å². The molecular formula is C11H19B. The summed E-state index contributed by atoms with van der Waals surface area (Å²) < 4.78 is 0. The number of hydrogen-bond donors (Lipinski definition) is 0. The van der Waals surface area contributed by atoms with E-state index in [0.717, 1.165) is 11.3 Å². The van der Waals surface area contributed by atoms with E-state index >= 15 is 0 Å². The highest BCUT2D eigenvalue weighted by molar-refractivity contribution is 6.14. The molecule has 1 spiro atoms. The van der Waals surface area contributed by atoms with Gasteiger partial charge < -0.3 is 0 Å². The maximum Gasteiger partial charge on any atom is 0.109 e. The monoisotopic (exact) mass is 162 g/mol. The van der Waals surface area contributed by atoms with Gasteiger partial charge in [-0.25, -0.2) is 0 Å². The van der Waals surface area contributed by atoms with Gasteiger partial charge in [0.1, 0.15) is 7.85 Å². The van der Waals surface area contributed by atoms with Gasteiger partial charge >= 0.3 is 0 Å². The van der Waals surface area contributed by atoms with E-state index in [2.05, 4.69) is 14.8 Å². The van der Waals surface area contributed by atoms with Gasteiger partial charge in [-0.15, -0.1) is 0 Å². The van der Waals surface area contributed by atoms with Crippen molar-refractivity contribution in [3.63, 3.8) is 0 Å². The van der Waals surface area contributed by atoms with Crippen LogP contribution in [0.5, 0.6) is 0 Å². The lowest BCUT2D eigenvalue weighted by Crippen LogP contribution is -2.27. The summed E-state index contributed by atoms with van der Waals surface area (Å²) in [5.41, 5.74) is 0.912. The molecular weight excluding hydrogens is 143 g/mol. The molecule has 0 radical (unpaired) electrons. The maximum atomic E-state index is 2.47. The van der Waals surface area contributed by atoms with Crippen LogP contribution in [0.15, 0.2) is 0 Å². The Morgan fingerprint density at radius 3 is 2.42 bits per heavy atom. The van der Waals surface area contributed by atoms with Gasteiger partial charge in [-0.3, -0.25) is 0 Å². The lowest BCUT2D eigenvalue weighted by Gasteiger charge is -2.40. The van der Waals surface area contributed by atoms with E-state index in [1.807, 2.05) is 0 Å². The summed E-state index contributed by atoms with van der Waals surface area (Å²) in [6, 6.07) is 0. The van der Waals surface area contributed by atoms with Crippen LogP contribution in [0.1, 0.15) is 45.4 Å². The first-order valence-corrected chi connectivity index (χ1v) is 5.62. The molecule has 0 aromatic rings. The van der Waals surface area contributed by atoms with Gasteiger partial charge in [-0.1, -0.05) is 25.1 Å². The van der Waals surface area contributed by atoms with Crippen LogP contribution < -0.4 is 0 Å². The average Bonchev–Trinajstić information content (AvgIpc) is 2.61. The van der Waals surface area contributed by atoms with Crippen LogP contribution in [0.25, 0.3) is 0 Å². The zero-order valence-corrected chi connectivity index (χ0v) is 8.40. The van der Waals surface area contributed by atoms with Gasteiger partial charge in [0.2, 0.25) is 0 Å². The molecule has 0 saturated heterocycles. The van der Waals surface area contributed by atoms with Gasteiger partial charge in [-0.05, 0) is 42.9 Å². The Balaban J connectivity index is 1.84. The molecule has 12 heavy (non-hydrogen) atoms. The minimum Gasteiger partial charge on any atom is -0.0669 e. The zero-order chi connectivity index (χ0) is 8.40. The molecule has 1 heteroatoms. The van der Waals surface area contributed by atoms with Crippen LogP contribution in [0.4, 0.5) is 0 Å². The fraction of sp³-hybridized carbons (Fsp3) is 1.00. The molecule has 0 N–H and O–H groups in total. The van der Waals surface area contributed by atoms with Crippen molar-refractivity contribution in [2.24, 2.45) is 17.3 Å². The Morgan fingerprint density at radius 2 is 1.75 bits per heavy atom. The molecule has 0 heterocycles. The fourth-order valence-electron chi connectivity index (χ4n) is 4.14. The predicted octanol–water partition coefficient (Wildman–Crippen LogP) is 2.40. The van der Waals surface area contributed by atoms with Crippen molar-refractivity contribution >= 4 is 7.85 Å². The normalized spacial score (nSPS) is 62.4. The first-order chi connectivity index (χ1) is 5.62. The minimum atomic E-state index is 0.674. The number of rotatable bonds is 0. The minimum absolute atomic E-state index is 0.674. The fourth-order valence-corrected chi connectivity index (χ4v) is 4.14. The van der Waals surface area contributed by atoms with Gasteiger partial charge in [0.05, 0.1) is 0 Å². The van der Waals surface area contributed by atoms with E-state index in [9.17, 15) is 0 Å². The maximum absolute atomic E-state index is 2.47. The van der Waals surface area contributed by atoms with Crippen LogP contribution >= 0.6 is 0 Å². The van der Waals surface area contributed by atoms with Gasteiger partial charge in [0.25, 0.3) is 0 Å². The zero-order valence-electron chi connectivity index (χ0n) is 8.40. The molecule has 4 unspecified atom stereocenters. The van der Waals surface area contributed by atoms with Crippen LogP contribution in [-0.4, -0.2) is 7.85 Å². The summed E-state index contributed by atoms with van der Waals surface area (Å²) >= 11 is 0. The Kier molecular flexibility index (Phi) is 1.20. The van der Waals surface area contributed by atoms with Crippen LogP contribution in [0.3, 0.4) is 0 Å². The summed E-state index contributed by atoms with van der Waals surface area (Å²) in [6.07, 6.45) is 9.33. The third kappa shape index (κ3) is 0.804. The van der Waals surface area contributed by atoms with Crippen molar-refractivity contribution < 1.29 is 0 Å². The molecule has 3 aliphatic carbocycles. The molecule has 0 bridgehead atoms. The molecule has 0 nitrogen and oxygen atoms in total. The Hall–Kier alpha value is 0.0649. The largest absolute Gasteiger partial charge is 0.109 e. The highest BCUT2D eigenvalue weighted by Gasteiger charge is 2.63. The second-order valence-corrected chi connectivity index (χ2v) is 6.28. The number of hydrogen-bond acceptors (Lipinski definition) is 0. The molecule has 0 aliphatic heterocycles. The molecule has 3 aliphatic rings. The standard InChI is InChI=1S/C11H19B/c1-10(12)4-5-11-7-9(11)3-2-8(11)6-10/h8-9H,2-7,12H2,1H3. The second kappa shape index (κ2) is 1.94. The van der Waals surface area contributed by atoms with Gasteiger partial charge in [0, 0.05) is 0 Å². The Morgan fingerprint density at radius 1 is 1.08 bits per heavy atom. The Labute approximate surface area is 76.5 Å². The smallest absolute Gasteiger partial charge is 0.0669 e. The van der Waals surface area contributed by atoms with E-state index in [1.54, 1.807) is 25.7 Å². The summed E-state index contributed by atoms with van der Waals surface area (Å²) in [6.45, 7) is 2.47. The predicted molar refractivity (Wildman–Crippen MR) is 54.0 cm³/mol. The quantitative estimate of drug-likeness (QED) is 0.480. The third-order valence-electron chi connectivity index (χ3n) is 5.02. The highest BCUT2D eigenvalue weighted by Crippen LogP contribution is 2.74. The molecule has 3 fully saturated rings. The van der Waals surface area contributed by atoms with Crippen LogP contribution in [0, 0.1) is 17.3 Å². The van der Waals surface area contributed by atoms with E-state index in [0.29, 0.717) is 5.31 Å². The van der Waals surface area contributed by atoms with Crippen molar-refractivity contribution in [3.8, 4) is 0 Å². The Bertz CT molecular complexity index is 221. The highest BCUT2D eigenvalue weighted by atomic mass is 14.7. The van der Waals surface area contributed by atoms with Crippen molar-refractivity contribution in [2.75, 3.05) is 0 Å².